The van der Waals surface area contributed by atoms with Gasteiger partial charge in [-0.1, -0.05) is 43.5 Å². The van der Waals surface area contributed by atoms with Crippen molar-refractivity contribution in [2.24, 2.45) is 0 Å². The number of aryl methyl sites for hydroxylation is 1. The molecule has 0 radical (unpaired) electrons. The largest absolute Gasteiger partial charge is 0.360 e. The Hall–Kier alpha value is -1.09. The molecular weight excluding hydrogens is 264 g/mol. The van der Waals surface area contributed by atoms with Gasteiger partial charge in [-0.05, 0) is 55.4 Å². The number of nitrogens with one attached hydrogen (secondary N) is 2. The van der Waals surface area contributed by atoms with Crippen LogP contribution in [0.1, 0.15) is 62.1 Å². The van der Waals surface area contributed by atoms with Crippen LogP contribution < -0.4 is 10.6 Å². The third-order valence-corrected chi connectivity index (χ3v) is 4.85. The van der Waals surface area contributed by atoms with Crippen LogP contribution in [0.5, 0.6) is 0 Å². The van der Waals surface area contributed by atoms with Crippen LogP contribution in [-0.4, -0.2) is 11.2 Å². The van der Waals surface area contributed by atoms with Crippen LogP contribution in [0, 0.1) is 0 Å². The van der Waals surface area contributed by atoms with Gasteiger partial charge >= 0.3 is 0 Å². The molecule has 20 heavy (non-hydrogen) atoms. The van der Waals surface area contributed by atoms with Crippen LogP contribution in [0.3, 0.4) is 0 Å². The highest BCUT2D eigenvalue weighted by molar-refractivity contribution is 7.80. The van der Waals surface area contributed by atoms with Crippen LogP contribution in [0.4, 0.5) is 0 Å². The minimum Gasteiger partial charge on any atom is -0.360 e. The molecule has 3 heteroatoms. The van der Waals surface area contributed by atoms with Crippen molar-refractivity contribution in [1.82, 2.24) is 10.6 Å². The zero-order valence-corrected chi connectivity index (χ0v) is 12.8. The van der Waals surface area contributed by atoms with Crippen LogP contribution in [0.2, 0.25) is 0 Å². The lowest BCUT2D eigenvalue weighted by Gasteiger charge is -2.30. The molecule has 108 valence electrons. The molecular formula is C17H24N2S. The lowest BCUT2D eigenvalue weighted by molar-refractivity contribution is 0.408. The SMILES string of the molecule is S=C(NC1CCCCC1)N[C@H]1CCCc2ccccc21. The molecule has 0 aromatic heterocycles. The minimum absolute atomic E-state index is 0.392. The van der Waals surface area contributed by atoms with Gasteiger partial charge in [-0.3, -0.25) is 0 Å². The topological polar surface area (TPSA) is 24.1 Å². The van der Waals surface area contributed by atoms with Crippen molar-refractivity contribution in [1.29, 1.82) is 0 Å². The fraction of sp³-hybridized carbons (Fsp3) is 0.588. The Labute approximate surface area is 127 Å². The zero-order valence-electron chi connectivity index (χ0n) is 12.0. The number of rotatable bonds is 2. The average molecular weight is 288 g/mol. The van der Waals surface area contributed by atoms with E-state index >= 15 is 0 Å². The molecule has 0 heterocycles. The third-order valence-electron chi connectivity index (χ3n) is 4.62. The van der Waals surface area contributed by atoms with E-state index in [0.717, 1.165) is 5.11 Å². The fourth-order valence-corrected chi connectivity index (χ4v) is 3.85. The molecule has 0 saturated heterocycles. The van der Waals surface area contributed by atoms with E-state index in [4.69, 9.17) is 12.2 Å². The molecule has 0 amide bonds. The highest BCUT2D eigenvalue weighted by Crippen LogP contribution is 2.29. The Bertz CT molecular complexity index is 466. The number of benzene rings is 1. The summed E-state index contributed by atoms with van der Waals surface area (Å²) in [6.45, 7) is 0. The van der Waals surface area contributed by atoms with Crippen molar-refractivity contribution in [3.8, 4) is 0 Å². The molecule has 0 aliphatic heterocycles. The maximum Gasteiger partial charge on any atom is 0.166 e. The summed E-state index contributed by atoms with van der Waals surface area (Å²) in [6.07, 6.45) is 10.2. The molecule has 0 spiro atoms. The summed E-state index contributed by atoms with van der Waals surface area (Å²) in [4.78, 5) is 0. The van der Waals surface area contributed by atoms with Gasteiger partial charge in [0.25, 0.3) is 0 Å². The van der Waals surface area contributed by atoms with Gasteiger partial charge in [-0.2, -0.15) is 0 Å². The first-order chi connectivity index (χ1) is 9.83. The molecule has 0 unspecified atom stereocenters. The van der Waals surface area contributed by atoms with Crippen molar-refractivity contribution >= 4 is 17.3 Å². The number of thiocarbonyl (C=S) groups is 1. The predicted molar refractivity (Wildman–Crippen MR) is 87.9 cm³/mol. The van der Waals surface area contributed by atoms with Crippen LogP contribution in [0.25, 0.3) is 0 Å². The number of fused-ring (bicyclic) bond motifs is 1. The summed E-state index contributed by atoms with van der Waals surface area (Å²) >= 11 is 5.52. The van der Waals surface area contributed by atoms with Crippen LogP contribution >= 0.6 is 12.2 Å². The summed E-state index contributed by atoms with van der Waals surface area (Å²) < 4.78 is 0. The molecule has 1 aromatic carbocycles. The Morgan fingerprint density at radius 1 is 0.950 bits per heavy atom. The van der Waals surface area contributed by atoms with Crippen molar-refractivity contribution in [3.05, 3.63) is 35.4 Å². The van der Waals surface area contributed by atoms with Crippen LogP contribution in [-0.2, 0) is 6.42 Å². The highest BCUT2D eigenvalue weighted by atomic mass is 32.1. The van der Waals surface area contributed by atoms with Gasteiger partial charge in [-0.25, -0.2) is 0 Å². The maximum absolute atomic E-state index is 5.52. The second kappa shape index (κ2) is 6.57. The van der Waals surface area contributed by atoms with Crippen molar-refractivity contribution < 1.29 is 0 Å². The van der Waals surface area contributed by atoms with Gasteiger partial charge < -0.3 is 10.6 Å². The van der Waals surface area contributed by atoms with E-state index in [1.54, 1.807) is 0 Å². The normalized spacial score (nSPS) is 22.9. The average Bonchev–Trinajstić information content (AvgIpc) is 2.48. The van der Waals surface area contributed by atoms with Crippen molar-refractivity contribution in [2.45, 2.75) is 63.5 Å². The quantitative estimate of drug-likeness (QED) is 0.808. The van der Waals surface area contributed by atoms with Crippen molar-refractivity contribution in [3.63, 3.8) is 0 Å². The van der Waals surface area contributed by atoms with E-state index in [0.29, 0.717) is 12.1 Å². The number of hydrogen-bond donors (Lipinski definition) is 2. The smallest absolute Gasteiger partial charge is 0.166 e. The molecule has 1 aromatic rings. The summed E-state index contributed by atoms with van der Waals surface area (Å²) in [5.74, 6) is 0. The van der Waals surface area contributed by atoms with Gasteiger partial charge in [0.1, 0.15) is 0 Å². The lowest BCUT2D eigenvalue weighted by Crippen LogP contribution is -2.44. The van der Waals surface area contributed by atoms with Gasteiger partial charge in [-0.15, -0.1) is 0 Å². The molecule has 2 nitrogen and oxygen atoms in total. The summed E-state index contributed by atoms with van der Waals surface area (Å²) in [5.41, 5.74) is 2.92. The maximum atomic E-state index is 5.52. The molecule has 1 saturated carbocycles. The van der Waals surface area contributed by atoms with Crippen LogP contribution in [0.15, 0.2) is 24.3 Å². The highest BCUT2D eigenvalue weighted by Gasteiger charge is 2.21. The first kappa shape index (κ1) is 13.9. The van der Waals surface area contributed by atoms with E-state index in [2.05, 4.69) is 34.9 Å². The third kappa shape index (κ3) is 3.32. The van der Waals surface area contributed by atoms with E-state index < -0.39 is 0 Å². The Morgan fingerprint density at radius 3 is 2.60 bits per heavy atom. The molecule has 2 N–H and O–H groups in total. The first-order valence-corrected chi connectivity index (χ1v) is 8.38. The lowest BCUT2D eigenvalue weighted by atomic mass is 9.88. The molecule has 2 aliphatic rings. The predicted octanol–water partition coefficient (Wildman–Crippen LogP) is 3.86. The van der Waals surface area contributed by atoms with Gasteiger partial charge in [0.05, 0.1) is 6.04 Å². The fourth-order valence-electron chi connectivity index (χ4n) is 3.54. The second-order valence-corrected chi connectivity index (χ2v) is 6.50. The molecule has 0 bridgehead atoms. The standard InChI is InChI=1S/C17H24N2S/c20-17(18-14-9-2-1-3-10-14)19-16-12-6-8-13-7-4-5-11-15(13)16/h4-5,7,11,14,16H,1-3,6,8-10,12H2,(H2,18,19,20)/t16-/m0/s1. The van der Waals surface area contributed by atoms with Gasteiger partial charge in [0.2, 0.25) is 0 Å². The van der Waals surface area contributed by atoms with E-state index in [9.17, 15) is 0 Å². The molecule has 2 aliphatic carbocycles. The zero-order chi connectivity index (χ0) is 13.8. The van der Waals surface area contributed by atoms with E-state index in [1.807, 2.05) is 0 Å². The molecule has 1 fully saturated rings. The summed E-state index contributed by atoms with van der Waals surface area (Å²) in [7, 11) is 0. The summed E-state index contributed by atoms with van der Waals surface area (Å²) in [6, 6.07) is 9.75. The van der Waals surface area contributed by atoms with Gasteiger partial charge in [0, 0.05) is 6.04 Å². The van der Waals surface area contributed by atoms with E-state index in [-0.39, 0.29) is 0 Å². The Balaban J connectivity index is 1.59. The minimum atomic E-state index is 0.392. The van der Waals surface area contributed by atoms with E-state index in [1.165, 1.54) is 62.5 Å². The molecule has 3 rings (SSSR count). The first-order valence-electron chi connectivity index (χ1n) is 7.98. The molecule has 1 atom stereocenters. The Morgan fingerprint density at radius 2 is 1.75 bits per heavy atom. The Kier molecular flexibility index (Phi) is 4.56. The summed E-state index contributed by atoms with van der Waals surface area (Å²) in [5, 5.41) is 7.91. The van der Waals surface area contributed by atoms with Gasteiger partial charge in [0.15, 0.2) is 5.11 Å². The number of hydrogen-bond acceptors (Lipinski definition) is 1. The second-order valence-electron chi connectivity index (χ2n) is 6.10. The van der Waals surface area contributed by atoms with Crippen molar-refractivity contribution in [2.75, 3.05) is 0 Å². The monoisotopic (exact) mass is 288 g/mol.